The zero-order valence-corrected chi connectivity index (χ0v) is 13.4. The number of hydrogen-bond acceptors (Lipinski definition) is 3. The van der Waals surface area contributed by atoms with E-state index in [1.165, 1.54) is 12.0 Å². The summed E-state index contributed by atoms with van der Waals surface area (Å²) in [5.74, 6) is -2.00. The monoisotopic (exact) mass is 348 g/mol. The van der Waals surface area contributed by atoms with Crippen molar-refractivity contribution in [3.05, 3.63) is 33.6 Å². The van der Waals surface area contributed by atoms with Crippen molar-refractivity contribution >= 4 is 35.0 Å². The van der Waals surface area contributed by atoms with Crippen LogP contribution in [0, 0.1) is 5.82 Å². The number of carbonyl (C=O) groups is 2. The average Bonchev–Trinajstić information content (AvgIpc) is 2.87. The van der Waals surface area contributed by atoms with E-state index in [1.54, 1.807) is 0 Å². The van der Waals surface area contributed by atoms with Crippen LogP contribution in [0.25, 0.3) is 0 Å². The van der Waals surface area contributed by atoms with Crippen molar-refractivity contribution in [3.8, 4) is 0 Å². The number of hydrogen-bond donors (Lipinski definition) is 1. The minimum absolute atomic E-state index is 0.0130. The zero-order valence-electron chi connectivity index (χ0n) is 11.9. The van der Waals surface area contributed by atoms with Crippen LogP contribution in [-0.4, -0.2) is 42.5 Å². The summed E-state index contributed by atoms with van der Waals surface area (Å²) in [6.07, 6.45) is 0.974. The number of ether oxygens (including phenoxy) is 1. The summed E-state index contributed by atoms with van der Waals surface area (Å²) in [5, 5.41) is -0.167. The molecule has 1 heterocycles. The molecule has 120 valence electrons. The van der Waals surface area contributed by atoms with E-state index < -0.39 is 23.2 Å². The number of likely N-dealkylation sites (tertiary alicyclic amines) is 1. The molecule has 1 aromatic carbocycles. The average molecular weight is 349 g/mol. The fraction of sp³-hybridized carbons (Fsp3) is 0.429. The Hall–Kier alpha value is -1.37. The molecule has 2 amide bonds. The van der Waals surface area contributed by atoms with Crippen LogP contribution in [0.2, 0.25) is 10.0 Å². The molecule has 1 unspecified atom stereocenters. The molecule has 5 nitrogen and oxygen atoms in total. The maximum atomic E-state index is 13.6. The molecule has 0 aliphatic carbocycles. The Bertz CT molecular complexity index is 626. The third-order valence-electron chi connectivity index (χ3n) is 3.82. The number of methoxy groups -OCH3 is 1. The quantitative estimate of drug-likeness (QED) is 0.848. The van der Waals surface area contributed by atoms with E-state index in [0.717, 1.165) is 12.1 Å². The molecule has 1 atom stereocenters. The summed E-state index contributed by atoms with van der Waals surface area (Å²) in [6, 6.07) is 2.12. The lowest BCUT2D eigenvalue weighted by molar-refractivity contribution is -0.130. The van der Waals surface area contributed by atoms with Crippen molar-refractivity contribution in [3.63, 3.8) is 0 Å². The van der Waals surface area contributed by atoms with E-state index in [9.17, 15) is 14.0 Å². The van der Waals surface area contributed by atoms with Crippen LogP contribution >= 0.6 is 23.2 Å². The highest BCUT2D eigenvalue weighted by atomic mass is 35.5. The maximum absolute atomic E-state index is 13.6. The summed E-state index contributed by atoms with van der Waals surface area (Å²) in [5.41, 5.74) is 4.17. The summed E-state index contributed by atoms with van der Waals surface area (Å²) >= 11 is 11.6. The Labute approximate surface area is 137 Å². The second-order valence-electron chi connectivity index (χ2n) is 5.14. The van der Waals surface area contributed by atoms with Crippen molar-refractivity contribution in [2.75, 3.05) is 20.3 Å². The molecule has 1 fully saturated rings. The largest absolute Gasteiger partial charge is 0.382 e. The molecule has 2 N–H and O–H groups in total. The molecule has 1 saturated heterocycles. The number of rotatable bonds is 4. The molecule has 1 aliphatic rings. The number of carbonyl (C=O) groups excluding carboxylic acids is 2. The lowest BCUT2D eigenvalue weighted by atomic mass is 9.95. The minimum atomic E-state index is -1.24. The first-order chi connectivity index (χ1) is 10.3. The SMILES string of the molecule is COCC1(C(N)=O)CCCN1C(=O)c1cc(F)c(Cl)cc1Cl. The van der Waals surface area contributed by atoms with Crippen molar-refractivity contribution < 1.29 is 18.7 Å². The van der Waals surface area contributed by atoms with Gasteiger partial charge in [0.05, 0.1) is 22.2 Å². The van der Waals surface area contributed by atoms with Gasteiger partial charge in [0.2, 0.25) is 5.91 Å². The van der Waals surface area contributed by atoms with Gasteiger partial charge < -0.3 is 15.4 Å². The summed E-state index contributed by atoms with van der Waals surface area (Å²) in [7, 11) is 1.42. The van der Waals surface area contributed by atoms with E-state index in [2.05, 4.69) is 0 Å². The van der Waals surface area contributed by atoms with Crippen LogP contribution in [0.15, 0.2) is 12.1 Å². The summed E-state index contributed by atoms with van der Waals surface area (Å²) in [4.78, 5) is 25.9. The third kappa shape index (κ3) is 2.78. The van der Waals surface area contributed by atoms with Crippen molar-refractivity contribution in [1.82, 2.24) is 4.90 Å². The van der Waals surface area contributed by atoms with Gasteiger partial charge in [-0.1, -0.05) is 23.2 Å². The van der Waals surface area contributed by atoms with Crippen molar-refractivity contribution in [2.45, 2.75) is 18.4 Å². The second kappa shape index (κ2) is 6.40. The first-order valence-electron chi connectivity index (χ1n) is 6.59. The standard InChI is InChI=1S/C14H15Cl2FN2O3/c1-22-7-14(13(18)21)3-2-4-19(14)12(20)8-5-11(17)10(16)6-9(8)15/h5-6H,2-4,7H2,1H3,(H2,18,21). The molecule has 22 heavy (non-hydrogen) atoms. The molecular formula is C14H15Cl2FN2O3. The normalized spacial score (nSPS) is 21.2. The Kier molecular flexibility index (Phi) is 4.94. The van der Waals surface area contributed by atoms with Gasteiger partial charge in [-0.2, -0.15) is 0 Å². The Balaban J connectivity index is 2.44. The van der Waals surface area contributed by atoms with Gasteiger partial charge in [0.1, 0.15) is 11.4 Å². The van der Waals surface area contributed by atoms with Gasteiger partial charge >= 0.3 is 0 Å². The third-order valence-corrected chi connectivity index (χ3v) is 4.42. The fourth-order valence-electron chi connectivity index (χ4n) is 2.72. The fourth-order valence-corrected chi connectivity index (χ4v) is 3.19. The first kappa shape index (κ1) is 17.0. The number of amides is 2. The van der Waals surface area contributed by atoms with Crippen LogP contribution in [0.5, 0.6) is 0 Å². The highest BCUT2D eigenvalue weighted by molar-refractivity contribution is 6.36. The number of benzene rings is 1. The van der Waals surface area contributed by atoms with Gasteiger partial charge in [0, 0.05) is 13.7 Å². The van der Waals surface area contributed by atoms with E-state index in [4.69, 9.17) is 33.7 Å². The van der Waals surface area contributed by atoms with Crippen molar-refractivity contribution in [2.24, 2.45) is 5.73 Å². The second-order valence-corrected chi connectivity index (χ2v) is 5.95. The highest BCUT2D eigenvalue weighted by Crippen LogP contribution is 2.33. The Morgan fingerprint density at radius 3 is 2.68 bits per heavy atom. The molecule has 2 rings (SSSR count). The smallest absolute Gasteiger partial charge is 0.256 e. The number of nitrogens with two attached hydrogens (primary N) is 1. The molecule has 0 saturated carbocycles. The highest BCUT2D eigenvalue weighted by Gasteiger charge is 2.49. The number of nitrogens with zero attached hydrogens (tertiary/aromatic N) is 1. The maximum Gasteiger partial charge on any atom is 0.256 e. The molecule has 8 heteroatoms. The molecule has 1 aromatic rings. The topological polar surface area (TPSA) is 72.6 Å². The molecule has 0 radical (unpaired) electrons. The van der Waals surface area contributed by atoms with Crippen LogP contribution < -0.4 is 5.73 Å². The van der Waals surface area contributed by atoms with E-state index >= 15 is 0 Å². The van der Waals surface area contributed by atoms with Crippen LogP contribution in [0.4, 0.5) is 4.39 Å². The van der Waals surface area contributed by atoms with Gasteiger partial charge in [-0.3, -0.25) is 9.59 Å². The predicted molar refractivity (Wildman–Crippen MR) is 80.5 cm³/mol. The van der Waals surface area contributed by atoms with Gasteiger partial charge in [-0.25, -0.2) is 4.39 Å². The van der Waals surface area contributed by atoms with Gasteiger partial charge in [0.15, 0.2) is 0 Å². The summed E-state index contributed by atoms with van der Waals surface area (Å²) in [6.45, 7) is 0.285. The molecule has 0 spiro atoms. The predicted octanol–water partition coefficient (Wildman–Crippen LogP) is 2.24. The van der Waals surface area contributed by atoms with E-state index in [-0.39, 0.29) is 22.2 Å². The lowest BCUT2D eigenvalue weighted by Gasteiger charge is -2.35. The van der Waals surface area contributed by atoms with Crippen LogP contribution in [0.1, 0.15) is 23.2 Å². The number of halogens is 3. The minimum Gasteiger partial charge on any atom is -0.382 e. The van der Waals surface area contributed by atoms with Gasteiger partial charge in [0.25, 0.3) is 5.91 Å². The molecule has 0 bridgehead atoms. The van der Waals surface area contributed by atoms with E-state index in [0.29, 0.717) is 19.4 Å². The molecule has 0 aromatic heterocycles. The summed E-state index contributed by atoms with van der Waals surface area (Å²) < 4.78 is 18.7. The van der Waals surface area contributed by atoms with Crippen molar-refractivity contribution in [1.29, 1.82) is 0 Å². The van der Waals surface area contributed by atoms with Crippen LogP contribution in [0.3, 0.4) is 0 Å². The number of primary amides is 1. The lowest BCUT2D eigenvalue weighted by Crippen LogP contribution is -2.58. The molecule has 1 aliphatic heterocycles. The Morgan fingerprint density at radius 1 is 1.41 bits per heavy atom. The van der Waals surface area contributed by atoms with Gasteiger partial charge in [-0.05, 0) is 25.0 Å². The Morgan fingerprint density at radius 2 is 2.09 bits per heavy atom. The van der Waals surface area contributed by atoms with Crippen LogP contribution in [-0.2, 0) is 9.53 Å². The van der Waals surface area contributed by atoms with Gasteiger partial charge in [-0.15, -0.1) is 0 Å². The van der Waals surface area contributed by atoms with E-state index in [1.807, 2.05) is 0 Å². The zero-order chi connectivity index (χ0) is 16.5. The first-order valence-corrected chi connectivity index (χ1v) is 7.34. The molecular weight excluding hydrogens is 334 g/mol.